The van der Waals surface area contributed by atoms with E-state index in [0.29, 0.717) is 9.98 Å². The van der Waals surface area contributed by atoms with E-state index in [-0.39, 0.29) is 5.92 Å². The highest BCUT2D eigenvalue weighted by molar-refractivity contribution is 7.82. The van der Waals surface area contributed by atoms with Crippen LogP contribution in [0.15, 0.2) is 0 Å². The van der Waals surface area contributed by atoms with E-state index >= 15 is 0 Å². The average Bonchev–Trinajstić information content (AvgIpc) is 1.64. The van der Waals surface area contributed by atoms with Crippen LogP contribution in [0, 0.1) is 5.92 Å². The fraction of sp³-hybridized carbons (Fsp3) is 0.600. The third kappa shape index (κ3) is 2.72. The van der Waals surface area contributed by atoms with E-state index in [4.69, 9.17) is 35.9 Å². The zero-order valence-corrected chi connectivity index (χ0v) is 6.89. The molecule has 4 heteroatoms. The molecule has 0 spiro atoms. The van der Waals surface area contributed by atoms with Gasteiger partial charge < -0.3 is 11.5 Å². The Morgan fingerprint density at radius 1 is 1.33 bits per heavy atom. The van der Waals surface area contributed by atoms with Crippen LogP contribution in [0.25, 0.3) is 0 Å². The lowest BCUT2D eigenvalue weighted by molar-refractivity contribution is 0.865. The van der Waals surface area contributed by atoms with Crippen molar-refractivity contribution in [3.8, 4) is 0 Å². The minimum absolute atomic E-state index is 0.0602. The molecule has 0 aromatic heterocycles. The Balaban J connectivity index is 3.99. The fourth-order valence-electron chi connectivity index (χ4n) is 0.543. The Morgan fingerprint density at radius 2 is 1.67 bits per heavy atom. The summed E-state index contributed by atoms with van der Waals surface area (Å²) in [6.45, 7) is 1.95. The largest absolute Gasteiger partial charge is 0.393 e. The van der Waals surface area contributed by atoms with Gasteiger partial charge in [0.2, 0.25) is 0 Å². The molecule has 0 atom stereocenters. The first-order valence-corrected chi connectivity index (χ1v) is 3.49. The molecule has 0 rings (SSSR count). The number of hydrogen-bond donors (Lipinski definition) is 2. The highest BCUT2D eigenvalue weighted by atomic mass is 32.1. The molecule has 0 bridgehead atoms. The molecule has 0 aromatic carbocycles. The van der Waals surface area contributed by atoms with Gasteiger partial charge in [0.25, 0.3) is 0 Å². The predicted molar refractivity (Wildman–Crippen MR) is 47.4 cm³/mol. The molecule has 0 amide bonds. The molecule has 2 nitrogen and oxygen atoms in total. The Bertz CT molecular complexity index is 119. The van der Waals surface area contributed by atoms with Crippen LogP contribution in [0.4, 0.5) is 0 Å². The van der Waals surface area contributed by atoms with Gasteiger partial charge in [-0.1, -0.05) is 31.4 Å². The molecule has 0 saturated carbocycles. The lowest BCUT2D eigenvalue weighted by Crippen LogP contribution is -2.31. The number of nitrogens with two attached hydrogens (primary N) is 2. The lowest BCUT2D eigenvalue weighted by Gasteiger charge is -2.09. The minimum atomic E-state index is -0.0602. The normalized spacial score (nSPS) is 9.56. The molecule has 0 aliphatic rings. The molecule has 52 valence electrons. The Hall–Kier alpha value is -0.220. The summed E-state index contributed by atoms with van der Waals surface area (Å²) in [4.78, 5) is 0.787. The average molecular weight is 162 g/mol. The van der Waals surface area contributed by atoms with Crippen LogP contribution in [-0.4, -0.2) is 9.98 Å². The first kappa shape index (κ1) is 8.78. The van der Waals surface area contributed by atoms with Crippen molar-refractivity contribution in [1.82, 2.24) is 0 Å². The number of thiocarbonyl (C=S) groups is 2. The number of hydrogen-bond acceptors (Lipinski definition) is 2. The van der Waals surface area contributed by atoms with E-state index in [0.717, 1.165) is 6.42 Å². The van der Waals surface area contributed by atoms with Gasteiger partial charge in [0.05, 0.1) is 15.9 Å². The SMILES string of the molecule is CCC(C(N)=S)C(N)=S. The van der Waals surface area contributed by atoms with Crippen molar-refractivity contribution in [1.29, 1.82) is 0 Å². The monoisotopic (exact) mass is 162 g/mol. The summed E-state index contributed by atoms with van der Waals surface area (Å²) < 4.78 is 0. The van der Waals surface area contributed by atoms with Crippen LogP contribution in [0.5, 0.6) is 0 Å². The summed E-state index contributed by atoms with van der Waals surface area (Å²) in [7, 11) is 0. The van der Waals surface area contributed by atoms with Crippen molar-refractivity contribution in [3.05, 3.63) is 0 Å². The molecule has 9 heavy (non-hydrogen) atoms. The van der Waals surface area contributed by atoms with Crippen LogP contribution in [0.3, 0.4) is 0 Å². The summed E-state index contributed by atoms with van der Waals surface area (Å²) in [5.41, 5.74) is 10.6. The molecule has 0 aliphatic carbocycles. The standard InChI is InChI=1S/C5H10N2S2/c1-2-3(4(6)8)5(7)9/h3H,2H2,1H3,(H2,6,8)(H2,7,9). The maximum Gasteiger partial charge on any atom is 0.0826 e. The first-order chi connectivity index (χ1) is 4.09. The highest BCUT2D eigenvalue weighted by Gasteiger charge is 2.10. The van der Waals surface area contributed by atoms with E-state index in [1.54, 1.807) is 0 Å². The third-order valence-electron chi connectivity index (χ3n) is 1.10. The lowest BCUT2D eigenvalue weighted by atomic mass is 10.1. The minimum Gasteiger partial charge on any atom is -0.393 e. The highest BCUT2D eigenvalue weighted by Crippen LogP contribution is 2.01. The molecular formula is C5H10N2S2. The molecule has 4 N–H and O–H groups in total. The van der Waals surface area contributed by atoms with E-state index < -0.39 is 0 Å². The van der Waals surface area contributed by atoms with Crippen molar-refractivity contribution in [2.24, 2.45) is 17.4 Å². The van der Waals surface area contributed by atoms with Crippen molar-refractivity contribution in [3.63, 3.8) is 0 Å². The quantitative estimate of drug-likeness (QED) is 0.596. The Kier molecular flexibility index (Phi) is 3.65. The van der Waals surface area contributed by atoms with Crippen LogP contribution in [0.1, 0.15) is 13.3 Å². The van der Waals surface area contributed by atoms with E-state index in [1.807, 2.05) is 6.92 Å². The maximum atomic E-state index is 5.31. The second-order valence-electron chi connectivity index (χ2n) is 1.77. The molecule has 0 aromatic rings. The van der Waals surface area contributed by atoms with Gasteiger partial charge in [0.1, 0.15) is 0 Å². The first-order valence-electron chi connectivity index (χ1n) is 2.68. The van der Waals surface area contributed by atoms with Gasteiger partial charge in [0.15, 0.2) is 0 Å². The smallest absolute Gasteiger partial charge is 0.0826 e. The molecule has 0 fully saturated rings. The van der Waals surface area contributed by atoms with Gasteiger partial charge in [0, 0.05) is 0 Å². The van der Waals surface area contributed by atoms with Crippen molar-refractivity contribution in [2.75, 3.05) is 0 Å². The zero-order valence-electron chi connectivity index (χ0n) is 5.26. The second kappa shape index (κ2) is 3.74. The molecule has 0 radical (unpaired) electrons. The molecule has 0 unspecified atom stereocenters. The fourth-order valence-corrected chi connectivity index (χ4v) is 1.20. The Labute approximate surface area is 65.6 Å². The van der Waals surface area contributed by atoms with Gasteiger partial charge in [-0.2, -0.15) is 0 Å². The van der Waals surface area contributed by atoms with Crippen molar-refractivity contribution < 1.29 is 0 Å². The van der Waals surface area contributed by atoms with Gasteiger partial charge >= 0.3 is 0 Å². The van der Waals surface area contributed by atoms with Gasteiger partial charge in [-0.25, -0.2) is 0 Å². The molecular weight excluding hydrogens is 152 g/mol. The second-order valence-corrected chi connectivity index (χ2v) is 2.71. The Morgan fingerprint density at radius 3 is 1.67 bits per heavy atom. The third-order valence-corrected chi connectivity index (χ3v) is 1.66. The summed E-state index contributed by atoms with van der Waals surface area (Å²) in [5.74, 6) is -0.0602. The molecule has 0 heterocycles. The van der Waals surface area contributed by atoms with Gasteiger partial charge in [-0.05, 0) is 6.42 Å². The summed E-state index contributed by atoms with van der Waals surface area (Å²) in [6, 6.07) is 0. The zero-order chi connectivity index (χ0) is 7.44. The van der Waals surface area contributed by atoms with Crippen molar-refractivity contribution >= 4 is 34.4 Å². The summed E-state index contributed by atoms with van der Waals surface area (Å²) in [6.07, 6.45) is 0.796. The molecule has 0 aliphatic heterocycles. The van der Waals surface area contributed by atoms with E-state index in [2.05, 4.69) is 0 Å². The topological polar surface area (TPSA) is 52.0 Å². The van der Waals surface area contributed by atoms with Crippen LogP contribution in [-0.2, 0) is 0 Å². The van der Waals surface area contributed by atoms with Gasteiger partial charge in [-0.3, -0.25) is 0 Å². The predicted octanol–water partition coefficient (Wildman–Crippen LogP) is 0.585. The maximum absolute atomic E-state index is 5.31. The molecule has 0 saturated heterocycles. The van der Waals surface area contributed by atoms with Crippen LogP contribution >= 0.6 is 24.4 Å². The van der Waals surface area contributed by atoms with E-state index in [1.165, 1.54) is 0 Å². The van der Waals surface area contributed by atoms with Crippen LogP contribution in [0.2, 0.25) is 0 Å². The summed E-state index contributed by atoms with van der Waals surface area (Å²) in [5, 5.41) is 0. The van der Waals surface area contributed by atoms with E-state index in [9.17, 15) is 0 Å². The number of rotatable bonds is 3. The summed E-state index contributed by atoms with van der Waals surface area (Å²) >= 11 is 9.41. The van der Waals surface area contributed by atoms with Gasteiger partial charge in [-0.15, -0.1) is 0 Å². The van der Waals surface area contributed by atoms with Crippen molar-refractivity contribution in [2.45, 2.75) is 13.3 Å². The van der Waals surface area contributed by atoms with Crippen LogP contribution < -0.4 is 11.5 Å².